The highest BCUT2D eigenvalue weighted by molar-refractivity contribution is 7.91. The third kappa shape index (κ3) is 2.52. The third-order valence-corrected chi connectivity index (χ3v) is 3.22. The molecule has 0 saturated carbocycles. The number of alkyl halides is 2. The Morgan fingerprint density at radius 1 is 1.00 bits per heavy atom. The van der Waals surface area contributed by atoms with Crippen LogP contribution >= 0.6 is 0 Å². The lowest BCUT2D eigenvalue weighted by Gasteiger charge is -2.14. The summed E-state index contributed by atoms with van der Waals surface area (Å²) in [6.45, 7) is -5.26. The molecule has 0 atom stereocenters. The molecule has 2 nitrogen and oxygen atoms in total. The summed E-state index contributed by atoms with van der Waals surface area (Å²) in [5.74, 6) is -3.64. The molecule has 0 spiro atoms. The number of benzene rings is 1. The quantitative estimate of drug-likeness (QED) is 0.612. The van der Waals surface area contributed by atoms with Gasteiger partial charge in [-0.05, 0) is 12.1 Å². The van der Waals surface area contributed by atoms with Crippen LogP contribution in [0.5, 0.6) is 0 Å². The highest BCUT2D eigenvalue weighted by Gasteiger charge is 2.29. The van der Waals surface area contributed by atoms with Crippen LogP contribution in [0.2, 0.25) is 0 Å². The summed E-state index contributed by atoms with van der Waals surface area (Å²) in [6, 6.07) is 1.97. The zero-order chi connectivity index (χ0) is 12.6. The molecular weight excluding hydrogens is 254 g/mol. The van der Waals surface area contributed by atoms with Crippen molar-refractivity contribution in [1.29, 1.82) is 0 Å². The molecule has 16 heavy (non-hydrogen) atoms. The van der Waals surface area contributed by atoms with Crippen molar-refractivity contribution in [1.82, 2.24) is 0 Å². The Labute approximate surface area is 88.1 Å². The molecule has 0 aliphatic rings. The predicted molar refractivity (Wildman–Crippen MR) is 48.3 cm³/mol. The lowest BCUT2D eigenvalue weighted by molar-refractivity contribution is 0.234. The Hall–Kier alpha value is -1.12. The first-order valence-electron chi connectivity index (χ1n) is 3.97. The van der Waals surface area contributed by atoms with Crippen molar-refractivity contribution in [3.05, 3.63) is 24.3 Å². The summed E-state index contributed by atoms with van der Waals surface area (Å²) in [4.78, 5) is -0.827. The fraction of sp³-hybridized carbons (Fsp3) is 0.143. The van der Waals surface area contributed by atoms with Gasteiger partial charge in [-0.3, -0.25) is 0 Å². The second kappa shape index (κ2) is 4.04. The summed E-state index contributed by atoms with van der Waals surface area (Å²) < 4.78 is 82.2. The summed E-state index contributed by atoms with van der Waals surface area (Å²) >= 11 is 0. The van der Waals surface area contributed by atoms with Crippen LogP contribution in [0.15, 0.2) is 29.2 Å². The van der Waals surface area contributed by atoms with Gasteiger partial charge >= 0.3 is 12.7 Å². The molecule has 90 valence electrons. The van der Waals surface area contributed by atoms with Crippen molar-refractivity contribution in [2.45, 2.75) is 10.7 Å². The van der Waals surface area contributed by atoms with Crippen molar-refractivity contribution in [2.24, 2.45) is 0 Å². The van der Waals surface area contributed by atoms with Crippen LogP contribution in [-0.2, 0) is 9.84 Å². The molecular formula is C7H5BF5O2S-. The second-order valence-electron chi connectivity index (χ2n) is 2.95. The van der Waals surface area contributed by atoms with E-state index in [0.29, 0.717) is 24.3 Å². The summed E-state index contributed by atoms with van der Waals surface area (Å²) in [6.07, 6.45) is 0. The van der Waals surface area contributed by atoms with Crippen LogP contribution in [-0.4, -0.2) is 21.2 Å². The molecule has 1 aromatic rings. The Kier molecular flexibility index (Phi) is 3.27. The van der Waals surface area contributed by atoms with Gasteiger partial charge in [0.2, 0.25) is 9.84 Å². The minimum atomic E-state index is -5.26. The van der Waals surface area contributed by atoms with Gasteiger partial charge in [0, 0.05) is 0 Å². The fourth-order valence-corrected chi connectivity index (χ4v) is 1.70. The Morgan fingerprint density at radius 2 is 1.44 bits per heavy atom. The van der Waals surface area contributed by atoms with Crippen LogP contribution in [0, 0.1) is 0 Å². The molecule has 0 aromatic heterocycles. The van der Waals surface area contributed by atoms with E-state index in [1.165, 1.54) is 0 Å². The minimum Gasteiger partial charge on any atom is -0.445 e. The molecule has 1 aromatic carbocycles. The van der Waals surface area contributed by atoms with Crippen LogP contribution in [0.4, 0.5) is 21.7 Å². The van der Waals surface area contributed by atoms with Crippen molar-refractivity contribution in [2.75, 3.05) is 0 Å². The average molecular weight is 259 g/mol. The van der Waals surface area contributed by atoms with Crippen LogP contribution in [0.1, 0.15) is 0 Å². The van der Waals surface area contributed by atoms with Crippen LogP contribution in [0.25, 0.3) is 0 Å². The van der Waals surface area contributed by atoms with Gasteiger partial charge in [0.15, 0.2) is 0 Å². The van der Waals surface area contributed by atoms with E-state index in [9.17, 15) is 30.1 Å². The van der Waals surface area contributed by atoms with Gasteiger partial charge in [0.05, 0.1) is 4.90 Å². The minimum absolute atomic E-state index is 0.468. The first kappa shape index (κ1) is 13.0. The largest absolute Gasteiger partial charge is 0.509 e. The molecule has 0 heterocycles. The monoisotopic (exact) mass is 259 g/mol. The predicted octanol–water partition coefficient (Wildman–Crippen LogP) is 1.74. The molecule has 0 aliphatic carbocycles. The lowest BCUT2D eigenvalue weighted by Crippen LogP contribution is -2.33. The number of halogens is 5. The number of hydrogen-bond acceptors (Lipinski definition) is 2. The van der Waals surface area contributed by atoms with Gasteiger partial charge in [0.1, 0.15) is 0 Å². The van der Waals surface area contributed by atoms with Gasteiger partial charge < -0.3 is 12.9 Å². The zero-order valence-corrected chi connectivity index (χ0v) is 8.40. The maximum absolute atomic E-state index is 12.1. The van der Waals surface area contributed by atoms with Crippen molar-refractivity contribution in [3.8, 4) is 0 Å². The zero-order valence-electron chi connectivity index (χ0n) is 7.58. The molecule has 0 unspecified atom stereocenters. The van der Waals surface area contributed by atoms with Gasteiger partial charge in [0.25, 0.3) is 0 Å². The SMILES string of the molecule is O=S(=O)(c1ccc([B-](F)(F)F)cc1)C(F)F. The van der Waals surface area contributed by atoms with Gasteiger partial charge in [-0.1, -0.05) is 12.1 Å². The van der Waals surface area contributed by atoms with E-state index >= 15 is 0 Å². The first-order valence-corrected chi connectivity index (χ1v) is 5.52. The molecule has 1 rings (SSSR count). The normalized spacial score (nSPS) is 13.1. The van der Waals surface area contributed by atoms with E-state index in [2.05, 4.69) is 0 Å². The average Bonchev–Trinajstić information content (AvgIpc) is 2.16. The van der Waals surface area contributed by atoms with Gasteiger partial charge in [-0.15, -0.1) is 5.46 Å². The number of sulfone groups is 1. The van der Waals surface area contributed by atoms with Gasteiger partial charge in [-0.25, -0.2) is 8.42 Å². The number of rotatable bonds is 3. The highest BCUT2D eigenvalue weighted by Crippen LogP contribution is 2.18. The van der Waals surface area contributed by atoms with Crippen LogP contribution in [0.3, 0.4) is 0 Å². The third-order valence-electron chi connectivity index (χ3n) is 1.82. The maximum Gasteiger partial charge on any atom is 0.509 e. The van der Waals surface area contributed by atoms with Crippen molar-refractivity contribution < 1.29 is 30.1 Å². The fourth-order valence-electron chi connectivity index (χ4n) is 0.979. The standard InChI is InChI=1S/C7H5BF5O2S/c9-7(10)16(14,15)6-3-1-5(2-4-6)8(11,12)13/h1-4,7H/q-1. The summed E-state index contributed by atoms with van der Waals surface area (Å²) in [7, 11) is -4.83. The summed E-state index contributed by atoms with van der Waals surface area (Å²) in [5.41, 5.74) is -1.03. The maximum atomic E-state index is 12.1. The van der Waals surface area contributed by atoms with E-state index in [-0.39, 0.29) is 0 Å². The van der Waals surface area contributed by atoms with Crippen molar-refractivity contribution >= 4 is 22.3 Å². The lowest BCUT2D eigenvalue weighted by atomic mass is 9.80. The molecule has 0 N–H and O–H groups in total. The molecule has 9 heteroatoms. The van der Waals surface area contributed by atoms with Crippen molar-refractivity contribution in [3.63, 3.8) is 0 Å². The van der Waals surface area contributed by atoms with Crippen LogP contribution < -0.4 is 5.46 Å². The number of hydrogen-bond donors (Lipinski definition) is 0. The van der Waals surface area contributed by atoms with E-state index < -0.39 is 32.9 Å². The molecule has 0 saturated heterocycles. The second-order valence-corrected chi connectivity index (χ2v) is 4.87. The summed E-state index contributed by atoms with van der Waals surface area (Å²) in [5, 5.41) is 0. The van der Waals surface area contributed by atoms with Gasteiger partial charge in [-0.2, -0.15) is 8.78 Å². The Balaban J connectivity index is 3.15. The van der Waals surface area contributed by atoms with E-state index in [0.717, 1.165) is 0 Å². The van der Waals surface area contributed by atoms with E-state index in [4.69, 9.17) is 0 Å². The molecule has 0 aliphatic heterocycles. The topological polar surface area (TPSA) is 34.1 Å². The van der Waals surface area contributed by atoms with E-state index in [1.807, 2.05) is 0 Å². The Morgan fingerprint density at radius 3 is 1.75 bits per heavy atom. The molecule has 0 bridgehead atoms. The molecule has 0 fully saturated rings. The smallest absolute Gasteiger partial charge is 0.445 e. The van der Waals surface area contributed by atoms with E-state index in [1.54, 1.807) is 0 Å². The Bertz CT molecular complexity index is 465. The highest BCUT2D eigenvalue weighted by atomic mass is 32.2. The first-order chi connectivity index (χ1) is 7.15. The molecule has 0 amide bonds. The molecule has 0 radical (unpaired) electrons.